The van der Waals surface area contributed by atoms with Gasteiger partial charge >= 0.3 is 0 Å². The predicted octanol–water partition coefficient (Wildman–Crippen LogP) is 17.8. The molecule has 0 aliphatic heterocycles. The van der Waals surface area contributed by atoms with E-state index in [9.17, 15) is 0 Å². The van der Waals surface area contributed by atoms with E-state index in [4.69, 9.17) is 0 Å². The highest BCUT2D eigenvalue weighted by Crippen LogP contribution is 2.64. The van der Waals surface area contributed by atoms with Gasteiger partial charge in [-0.1, -0.05) is 205 Å². The Hall–Kier alpha value is -7.22. The Morgan fingerprint density at radius 2 is 0.691 bits per heavy atom. The number of hydrogen-bond donors (Lipinski definition) is 0. The lowest BCUT2D eigenvalue weighted by Crippen LogP contribution is -2.26. The van der Waals surface area contributed by atoms with Gasteiger partial charge in [-0.25, -0.2) is 0 Å². The maximum atomic E-state index is 2.55. The Kier molecular flexibility index (Phi) is 8.45. The Morgan fingerprint density at radius 1 is 0.324 bits per heavy atom. The van der Waals surface area contributed by atoms with Gasteiger partial charge in [-0.2, -0.15) is 0 Å². The highest BCUT2D eigenvalue weighted by atomic mass is 15.1. The summed E-state index contributed by atoms with van der Waals surface area (Å²) in [7, 11) is 0. The normalized spacial score (nSPS) is 16.8. The fourth-order valence-electron chi connectivity index (χ4n) is 14.3. The van der Waals surface area contributed by atoms with E-state index in [1.807, 2.05) is 0 Å². The average molecular weight is 874 g/mol. The molecule has 0 bridgehead atoms. The Morgan fingerprint density at radius 3 is 1.21 bits per heavy atom. The van der Waals surface area contributed by atoms with Crippen molar-refractivity contribution in [2.24, 2.45) is 0 Å². The second-order valence-electron chi connectivity index (χ2n) is 21.4. The summed E-state index contributed by atoms with van der Waals surface area (Å²) in [6.45, 7) is 9.75. The second kappa shape index (κ2) is 14.4. The maximum Gasteiger partial charge on any atom is 0.0726 e. The third-order valence-electron chi connectivity index (χ3n) is 17.3. The topological polar surface area (TPSA) is 3.24 Å². The predicted molar refractivity (Wildman–Crippen MR) is 284 cm³/mol. The van der Waals surface area contributed by atoms with Gasteiger partial charge in [0.15, 0.2) is 0 Å². The molecule has 0 unspecified atom stereocenters. The summed E-state index contributed by atoms with van der Waals surface area (Å²) in [5.74, 6) is 0.645. The number of hydrogen-bond acceptors (Lipinski definition) is 1. The molecule has 1 saturated carbocycles. The molecule has 0 N–H and O–H groups in total. The molecule has 1 heteroatoms. The molecule has 0 radical (unpaired) electrons. The number of fused-ring (bicyclic) bond motifs is 16. The molecular formula is C67H55N. The molecule has 0 heterocycles. The van der Waals surface area contributed by atoms with Crippen LogP contribution < -0.4 is 4.90 Å². The summed E-state index contributed by atoms with van der Waals surface area (Å²) in [6.07, 6.45) is 6.60. The third-order valence-corrected chi connectivity index (χ3v) is 17.3. The molecule has 0 aromatic heterocycles. The van der Waals surface area contributed by atoms with E-state index in [1.165, 1.54) is 155 Å². The minimum atomic E-state index is -0.419. The molecule has 9 aromatic rings. The molecule has 14 rings (SSSR count). The standard InChI is InChI=1S/C67H55N/c1-65(2)57-28-12-8-23-50(57)53-24-16-26-55(63(53)65)56-27-17-25-54-52-39-37-45(40-61(52)66(3,4)64(54)56)68(44-34-32-43(33-35-44)42-18-6-5-7-19-42)46-36-38-51-49-22-11-15-31-60(49)67(62(51)41-46)58-29-13-9-20-47(58)48-21-10-14-30-59(48)67/h8-17,20-42H,5-7,18-19H2,1-4H3. The molecule has 1 nitrogen and oxygen atoms in total. The second-order valence-corrected chi connectivity index (χ2v) is 21.4. The maximum absolute atomic E-state index is 2.55. The van der Waals surface area contributed by atoms with Gasteiger partial charge < -0.3 is 4.90 Å². The number of nitrogens with zero attached hydrogens (tertiary/aromatic N) is 1. The minimum absolute atomic E-state index is 0.112. The Labute approximate surface area is 401 Å². The quantitative estimate of drug-likeness (QED) is 0.167. The van der Waals surface area contributed by atoms with Gasteiger partial charge in [0.2, 0.25) is 0 Å². The smallest absolute Gasteiger partial charge is 0.0726 e. The summed E-state index contributed by atoms with van der Waals surface area (Å²) >= 11 is 0. The summed E-state index contributed by atoms with van der Waals surface area (Å²) in [6, 6.07) is 74.9. The van der Waals surface area contributed by atoms with Gasteiger partial charge in [0.25, 0.3) is 0 Å². The first kappa shape index (κ1) is 39.9. The van der Waals surface area contributed by atoms with Crippen LogP contribution in [-0.2, 0) is 16.2 Å². The molecular weight excluding hydrogens is 819 g/mol. The van der Waals surface area contributed by atoms with Gasteiger partial charge in [0.1, 0.15) is 0 Å². The monoisotopic (exact) mass is 873 g/mol. The Balaban J connectivity index is 0.949. The number of anilines is 3. The van der Waals surface area contributed by atoms with Crippen LogP contribution in [0.5, 0.6) is 0 Å². The van der Waals surface area contributed by atoms with E-state index in [2.05, 4.69) is 227 Å². The van der Waals surface area contributed by atoms with Crippen LogP contribution in [0.15, 0.2) is 194 Å². The van der Waals surface area contributed by atoms with Crippen molar-refractivity contribution in [3.05, 3.63) is 244 Å². The van der Waals surface area contributed by atoms with Crippen LogP contribution in [0, 0.1) is 0 Å². The van der Waals surface area contributed by atoms with Crippen molar-refractivity contribution in [2.75, 3.05) is 4.90 Å². The van der Waals surface area contributed by atoms with Gasteiger partial charge in [0, 0.05) is 27.9 Å². The Bertz CT molecular complexity index is 3490. The van der Waals surface area contributed by atoms with Crippen molar-refractivity contribution < 1.29 is 0 Å². The van der Waals surface area contributed by atoms with Gasteiger partial charge in [-0.05, 0) is 161 Å². The zero-order valence-electron chi connectivity index (χ0n) is 39.5. The summed E-state index contributed by atoms with van der Waals surface area (Å²) in [5.41, 5.74) is 28.8. The van der Waals surface area contributed by atoms with Crippen LogP contribution in [0.2, 0.25) is 0 Å². The van der Waals surface area contributed by atoms with E-state index < -0.39 is 5.41 Å². The van der Waals surface area contributed by atoms with Gasteiger partial charge in [-0.15, -0.1) is 0 Å². The lowest BCUT2D eigenvalue weighted by Gasteiger charge is -2.33. The lowest BCUT2D eigenvalue weighted by atomic mass is 9.70. The molecule has 9 aromatic carbocycles. The van der Waals surface area contributed by atoms with E-state index in [-0.39, 0.29) is 10.8 Å². The first-order valence-electron chi connectivity index (χ1n) is 25.1. The molecule has 328 valence electrons. The zero-order chi connectivity index (χ0) is 45.5. The fourth-order valence-corrected chi connectivity index (χ4v) is 14.3. The highest BCUT2D eigenvalue weighted by Gasteiger charge is 2.52. The summed E-state index contributed by atoms with van der Waals surface area (Å²) in [4.78, 5) is 2.55. The average Bonchev–Trinajstić information content (AvgIpc) is 4.02. The van der Waals surface area contributed by atoms with Crippen molar-refractivity contribution in [3.63, 3.8) is 0 Å². The molecule has 1 spiro atoms. The first-order valence-corrected chi connectivity index (χ1v) is 25.1. The van der Waals surface area contributed by atoms with Crippen molar-refractivity contribution in [1.29, 1.82) is 0 Å². The van der Waals surface area contributed by atoms with Crippen molar-refractivity contribution in [3.8, 4) is 55.6 Å². The van der Waals surface area contributed by atoms with Crippen LogP contribution in [0.4, 0.5) is 17.1 Å². The van der Waals surface area contributed by atoms with Crippen LogP contribution in [-0.4, -0.2) is 0 Å². The van der Waals surface area contributed by atoms with E-state index in [0.29, 0.717) is 5.92 Å². The fraction of sp³-hybridized carbons (Fsp3) is 0.194. The number of rotatable bonds is 5. The largest absolute Gasteiger partial charge is 0.310 e. The van der Waals surface area contributed by atoms with Gasteiger partial charge in [-0.3, -0.25) is 0 Å². The molecule has 0 amide bonds. The lowest BCUT2D eigenvalue weighted by molar-refractivity contribution is 0.443. The summed E-state index contributed by atoms with van der Waals surface area (Å²) < 4.78 is 0. The van der Waals surface area contributed by atoms with Crippen LogP contribution >= 0.6 is 0 Å². The van der Waals surface area contributed by atoms with Crippen molar-refractivity contribution in [1.82, 2.24) is 0 Å². The van der Waals surface area contributed by atoms with E-state index >= 15 is 0 Å². The zero-order valence-corrected chi connectivity index (χ0v) is 39.5. The molecule has 68 heavy (non-hydrogen) atoms. The van der Waals surface area contributed by atoms with Gasteiger partial charge in [0.05, 0.1) is 5.41 Å². The first-order chi connectivity index (χ1) is 33.3. The molecule has 5 aliphatic rings. The third kappa shape index (κ3) is 5.28. The van der Waals surface area contributed by atoms with E-state index in [0.717, 1.165) is 0 Å². The molecule has 5 aliphatic carbocycles. The summed E-state index contributed by atoms with van der Waals surface area (Å²) in [5, 5.41) is 0. The number of benzene rings is 9. The highest BCUT2D eigenvalue weighted by molar-refractivity contribution is 5.98. The van der Waals surface area contributed by atoms with Crippen LogP contribution in [0.25, 0.3) is 55.6 Å². The SMILES string of the molecule is CC1(C)c2ccccc2-c2cccc(-c3cccc4c3C(C)(C)c3cc(N(c5ccc(C6CCCCC6)cc5)c5ccc6c(c5)C5(c7ccccc7-c7ccccc75)c5ccccc5-6)ccc3-4)c21. The molecule has 1 fully saturated rings. The van der Waals surface area contributed by atoms with Crippen LogP contribution in [0.3, 0.4) is 0 Å². The van der Waals surface area contributed by atoms with Crippen molar-refractivity contribution >= 4 is 17.1 Å². The van der Waals surface area contributed by atoms with E-state index in [1.54, 1.807) is 0 Å². The molecule has 0 atom stereocenters. The minimum Gasteiger partial charge on any atom is -0.310 e. The molecule has 0 saturated heterocycles. The van der Waals surface area contributed by atoms with Crippen molar-refractivity contribution in [2.45, 2.75) is 82.0 Å². The van der Waals surface area contributed by atoms with Crippen LogP contribution in [0.1, 0.15) is 116 Å².